The van der Waals surface area contributed by atoms with Crippen molar-refractivity contribution in [2.75, 3.05) is 6.61 Å². The lowest BCUT2D eigenvalue weighted by Crippen LogP contribution is -2.17. The number of aliphatic carboxylic acids is 1. The second kappa shape index (κ2) is 4.85. The van der Waals surface area contributed by atoms with Gasteiger partial charge in [-0.2, -0.15) is 0 Å². The summed E-state index contributed by atoms with van der Waals surface area (Å²) in [5, 5.41) is 16.9. The van der Waals surface area contributed by atoms with Crippen LogP contribution in [-0.4, -0.2) is 28.6 Å². The summed E-state index contributed by atoms with van der Waals surface area (Å²) in [6, 6.07) is 0. The zero-order valence-corrected chi connectivity index (χ0v) is 6.41. The van der Waals surface area contributed by atoms with Gasteiger partial charge in [0.25, 0.3) is 0 Å². The number of hydrogen-bond acceptors (Lipinski definition) is 3. The first-order valence-electron chi connectivity index (χ1n) is 3.41. The van der Waals surface area contributed by atoms with Crippen LogP contribution in [0.25, 0.3) is 0 Å². The molecular formula is C7H12O4. The van der Waals surface area contributed by atoms with E-state index in [-0.39, 0.29) is 25.2 Å². The van der Waals surface area contributed by atoms with Crippen molar-refractivity contribution >= 4 is 11.8 Å². The number of carboxylic acid groups (broad SMARTS) is 1. The predicted octanol–water partition coefficient (Wildman–Crippen LogP) is 0.0487. The Labute approximate surface area is 64.8 Å². The number of carbonyl (C=O) groups is 2. The van der Waals surface area contributed by atoms with Gasteiger partial charge in [-0.1, -0.05) is 0 Å². The van der Waals surface area contributed by atoms with Crippen molar-refractivity contribution in [3.8, 4) is 0 Å². The van der Waals surface area contributed by atoms with Gasteiger partial charge in [0.1, 0.15) is 5.78 Å². The minimum Gasteiger partial charge on any atom is -0.481 e. The van der Waals surface area contributed by atoms with E-state index < -0.39 is 11.9 Å². The molecule has 0 fully saturated rings. The summed E-state index contributed by atoms with van der Waals surface area (Å²) in [5.41, 5.74) is 0. The Hall–Kier alpha value is -0.900. The molecule has 4 nitrogen and oxygen atoms in total. The topological polar surface area (TPSA) is 74.6 Å². The van der Waals surface area contributed by atoms with E-state index in [0.717, 1.165) is 0 Å². The van der Waals surface area contributed by atoms with E-state index in [9.17, 15) is 9.59 Å². The van der Waals surface area contributed by atoms with Crippen molar-refractivity contribution in [1.82, 2.24) is 0 Å². The first-order valence-corrected chi connectivity index (χ1v) is 3.41. The fourth-order valence-electron chi connectivity index (χ4n) is 0.816. The van der Waals surface area contributed by atoms with E-state index in [4.69, 9.17) is 10.2 Å². The molecule has 0 aliphatic rings. The number of aliphatic hydroxyl groups excluding tert-OH is 1. The van der Waals surface area contributed by atoms with Crippen LogP contribution in [0.5, 0.6) is 0 Å². The van der Waals surface area contributed by atoms with Gasteiger partial charge in [-0.3, -0.25) is 4.79 Å². The number of carboxylic acids is 1. The number of hydrogen-bond donors (Lipinski definition) is 2. The van der Waals surface area contributed by atoms with Crippen LogP contribution < -0.4 is 0 Å². The van der Waals surface area contributed by atoms with Crippen LogP contribution >= 0.6 is 0 Å². The minimum absolute atomic E-state index is 0.00981. The van der Waals surface area contributed by atoms with Crippen LogP contribution in [0.15, 0.2) is 0 Å². The Morgan fingerprint density at radius 1 is 1.45 bits per heavy atom. The third-order valence-electron chi connectivity index (χ3n) is 1.36. The third kappa shape index (κ3) is 4.50. The summed E-state index contributed by atoms with van der Waals surface area (Å²) in [7, 11) is 0. The summed E-state index contributed by atoms with van der Waals surface area (Å²) in [4.78, 5) is 20.9. The van der Waals surface area contributed by atoms with Gasteiger partial charge in [0.2, 0.25) is 0 Å². The molecule has 0 aromatic carbocycles. The van der Waals surface area contributed by atoms with E-state index in [1.807, 2.05) is 0 Å². The van der Waals surface area contributed by atoms with Crippen molar-refractivity contribution in [2.45, 2.75) is 19.8 Å². The number of aliphatic hydroxyl groups is 1. The Bertz CT molecular complexity index is 153. The maximum absolute atomic E-state index is 10.5. The van der Waals surface area contributed by atoms with Crippen molar-refractivity contribution < 1.29 is 19.8 Å². The standard InChI is InChI=1S/C7H12O4/c1-5(9)4-6(2-3-8)7(10)11/h6,8H,2-4H2,1H3,(H,10,11). The Balaban J connectivity index is 3.89. The van der Waals surface area contributed by atoms with Gasteiger partial charge in [-0.05, 0) is 13.3 Å². The van der Waals surface area contributed by atoms with Gasteiger partial charge in [-0.25, -0.2) is 0 Å². The van der Waals surface area contributed by atoms with E-state index in [1.54, 1.807) is 0 Å². The largest absolute Gasteiger partial charge is 0.481 e. The van der Waals surface area contributed by atoms with Gasteiger partial charge >= 0.3 is 5.97 Å². The molecule has 0 aromatic rings. The number of ketones is 1. The molecule has 0 saturated heterocycles. The Morgan fingerprint density at radius 2 is 2.00 bits per heavy atom. The number of Topliss-reactive ketones (excluding diaryl/α,β-unsaturated/α-hetero) is 1. The lowest BCUT2D eigenvalue weighted by Gasteiger charge is -2.06. The van der Waals surface area contributed by atoms with E-state index in [2.05, 4.69) is 0 Å². The predicted molar refractivity (Wildman–Crippen MR) is 38.1 cm³/mol. The summed E-state index contributed by atoms with van der Waals surface area (Å²) >= 11 is 0. The lowest BCUT2D eigenvalue weighted by molar-refractivity contribution is -0.144. The smallest absolute Gasteiger partial charge is 0.307 e. The molecule has 0 rings (SSSR count). The Kier molecular flexibility index (Phi) is 4.45. The number of rotatable bonds is 5. The molecule has 0 heterocycles. The SMILES string of the molecule is CC(=O)CC(CCO)C(=O)O. The second-order valence-corrected chi connectivity index (χ2v) is 2.45. The second-order valence-electron chi connectivity index (χ2n) is 2.45. The van der Waals surface area contributed by atoms with E-state index in [1.165, 1.54) is 6.92 Å². The van der Waals surface area contributed by atoms with Crippen molar-refractivity contribution in [1.29, 1.82) is 0 Å². The molecule has 1 atom stereocenters. The summed E-state index contributed by atoms with van der Waals surface area (Å²) in [6.07, 6.45) is 0.158. The molecule has 64 valence electrons. The highest BCUT2D eigenvalue weighted by Crippen LogP contribution is 2.08. The highest BCUT2D eigenvalue weighted by molar-refractivity contribution is 5.81. The molecule has 0 aliphatic heterocycles. The normalized spacial score (nSPS) is 12.5. The van der Waals surface area contributed by atoms with Crippen molar-refractivity contribution in [2.24, 2.45) is 5.92 Å². The van der Waals surface area contributed by atoms with Crippen LogP contribution in [0.3, 0.4) is 0 Å². The van der Waals surface area contributed by atoms with Crippen LogP contribution in [0.4, 0.5) is 0 Å². The maximum Gasteiger partial charge on any atom is 0.307 e. The molecule has 0 saturated carbocycles. The average Bonchev–Trinajstić information content (AvgIpc) is 1.86. The molecule has 0 aliphatic carbocycles. The maximum atomic E-state index is 10.5. The summed E-state index contributed by atoms with van der Waals surface area (Å²) in [6.45, 7) is 1.15. The number of carbonyl (C=O) groups excluding carboxylic acids is 1. The van der Waals surface area contributed by atoms with E-state index >= 15 is 0 Å². The highest BCUT2D eigenvalue weighted by atomic mass is 16.4. The van der Waals surface area contributed by atoms with Crippen molar-refractivity contribution in [3.63, 3.8) is 0 Å². The van der Waals surface area contributed by atoms with Gasteiger partial charge in [-0.15, -0.1) is 0 Å². The van der Waals surface area contributed by atoms with Crippen LogP contribution in [0.1, 0.15) is 19.8 Å². The van der Waals surface area contributed by atoms with Crippen LogP contribution in [-0.2, 0) is 9.59 Å². The average molecular weight is 160 g/mol. The van der Waals surface area contributed by atoms with Crippen molar-refractivity contribution in [3.05, 3.63) is 0 Å². The van der Waals surface area contributed by atoms with Gasteiger partial charge in [0, 0.05) is 13.0 Å². The minimum atomic E-state index is -1.02. The first-order chi connectivity index (χ1) is 5.07. The fourth-order valence-corrected chi connectivity index (χ4v) is 0.816. The Morgan fingerprint density at radius 3 is 2.27 bits per heavy atom. The summed E-state index contributed by atoms with van der Waals surface area (Å²) in [5.74, 6) is -1.90. The fraction of sp³-hybridized carbons (Fsp3) is 0.714. The zero-order valence-electron chi connectivity index (χ0n) is 6.41. The molecule has 0 amide bonds. The van der Waals surface area contributed by atoms with Gasteiger partial charge in [0.05, 0.1) is 5.92 Å². The molecule has 0 aromatic heterocycles. The van der Waals surface area contributed by atoms with Crippen LogP contribution in [0.2, 0.25) is 0 Å². The first kappa shape index (κ1) is 10.1. The molecule has 4 heteroatoms. The monoisotopic (exact) mass is 160 g/mol. The lowest BCUT2D eigenvalue weighted by atomic mass is 10.0. The highest BCUT2D eigenvalue weighted by Gasteiger charge is 2.17. The molecule has 0 bridgehead atoms. The molecule has 0 spiro atoms. The molecule has 2 N–H and O–H groups in total. The third-order valence-corrected chi connectivity index (χ3v) is 1.36. The molecule has 11 heavy (non-hydrogen) atoms. The zero-order chi connectivity index (χ0) is 8.85. The quantitative estimate of drug-likeness (QED) is 0.595. The molecule has 1 unspecified atom stereocenters. The molecular weight excluding hydrogens is 148 g/mol. The van der Waals surface area contributed by atoms with E-state index in [0.29, 0.717) is 0 Å². The molecule has 0 radical (unpaired) electrons. The summed E-state index contributed by atoms with van der Waals surface area (Å²) < 4.78 is 0. The van der Waals surface area contributed by atoms with Gasteiger partial charge < -0.3 is 15.0 Å². The van der Waals surface area contributed by atoms with Gasteiger partial charge in [0.15, 0.2) is 0 Å². The van der Waals surface area contributed by atoms with Crippen LogP contribution in [0, 0.1) is 5.92 Å².